The lowest BCUT2D eigenvalue weighted by atomic mass is 9.92. The molecule has 0 fully saturated rings. The van der Waals surface area contributed by atoms with Crippen LogP contribution < -0.4 is 0 Å². The maximum atomic E-state index is 6.61. The SMILES string of the molecule is Clc1cccc2c3ccc4oc5ccccc5c4c3c3ccccc3c12. The third-order valence-electron chi connectivity index (χ3n) is 5.31. The summed E-state index contributed by atoms with van der Waals surface area (Å²) in [7, 11) is 0. The average Bonchev–Trinajstić information content (AvgIpc) is 3.06. The predicted octanol–water partition coefficient (Wildman–Crippen LogP) is 7.70. The van der Waals surface area contributed by atoms with E-state index in [1.165, 1.54) is 32.3 Å². The molecule has 0 aliphatic rings. The van der Waals surface area contributed by atoms with Crippen molar-refractivity contribution >= 4 is 65.9 Å². The van der Waals surface area contributed by atoms with Crippen LogP contribution in [0.2, 0.25) is 5.02 Å². The van der Waals surface area contributed by atoms with Crippen LogP contribution in [0.15, 0.2) is 83.3 Å². The molecule has 6 aromatic rings. The van der Waals surface area contributed by atoms with Gasteiger partial charge in [-0.05, 0) is 45.8 Å². The van der Waals surface area contributed by atoms with E-state index < -0.39 is 0 Å². The quantitative estimate of drug-likeness (QED) is 0.255. The molecule has 0 spiro atoms. The maximum Gasteiger partial charge on any atom is 0.136 e. The summed E-state index contributed by atoms with van der Waals surface area (Å²) in [5, 5.41) is 10.2. The van der Waals surface area contributed by atoms with E-state index in [1.807, 2.05) is 24.3 Å². The highest BCUT2D eigenvalue weighted by atomic mass is 35.5. The van der Waals surface area contributed by atoms with Crippen LogP contribution in [-0.4, -0.2) is 0 Å². The summed E-state index contributed by atoms with van der Waals surface area (Å²) < 4.78 is 6.12. The molecule has 6 rings (SSSR count). The van der Waals surface area contributed by atoms with Gasteiger partial charge in [0.25, 0.3) is 0 Å². The molecule has 0 atom stereocenters. The fourth-order valence-corrected chi connectivity index (χ4v) is 4.54. The first-order valence-electron chi connectivity index (χ1n) is 8.66. The second kappa shape index (κ2) is 5.00. The van der Waals surface area contributed by atoms with Crippen molar-refractivity contribution in [2.45, 2.75) is 0 Å². The minimum absolute atomic E-state index is 0.790. The number of rotatable bonds is 0. The number of fused-ring (bicyclic) bond motifs is 10. The lowest BCUT2D eigenvalue weighted by Crippen LogP contribution is -1.85. The van der Waals surface area contributed by atoms with E-state index in [9.17, 15) is 0 Å². The van der Waals surface area contributed by atoms with Crippen LogP contribution in [0.4, 0.5) is 0 Å². The van der Waals surface area contributed by atoms with Gasteiger partial charge in [0.05, 0.1) is 0 Å². The maximum absolute atomic E-state index is 6.61. The molecule has 0 radical (unpaired) electrons. The molecule has 1 aromatic heterocycles. The third kappa shape index (κ3) is 1.71. The Kier molecular flexibility index (Phi) is 2.72. The number of hydrogen-bond acceptors (Lipinski definition) is 1. The second-order valence-corrected chi connectivity index (χ2v) is 7.07. The lowest BCUT2D eigenvalue weighted by molar-refractivity contribution is 0.669. The van der Waals surface area contributed by atoms with Crippen LogP contribution in [0.3, 0.4) is 0 Å². The zero-order valence-corrected chi connectivity index (χ0v) is 14.5. The highest BCUT2D eigenvalue weighted by molar-refractivity contribution is 6.42. The molecule has 0 unspecified atom stereocenters. The predicted molar refractivity (Wildman–Crippen MR) is 111 cm³/mol. The van der Waals surface area contributed by atoms with Crippen LogP contribution in [0.1, 0.15) is 0 Å². The molecule has 0 aliphatic heterocycles. The molecule has 1 nitrogen and oxygen atoms in total. The first kappa shape index (κ1) is 14.2. The van der Waals surface area contributed by atoms with E-state index in [0.717, 1.165) is 27.0 Å². The van der Waals surface area contributed by atoms with Crippen molar-refractivity contribution in [2.75, 3.05) is 0 Å². The standard InChI is InChI=1S/C24H13ClO/c25-19-10-5-9-15-17-12-13-21-24(18-8-3-4-11-20(18)26-21)23(17)16-7-2-1-6-14(16)22(15)19/h1-13H. The van der Waals surface area contributed by atoms with Crippen molar-refractivity contribution in [3.63, 3.8) is 0 Å². The Balaban J connectivity index is 2.06. The van der Waals surface area contributed by atoms with Crippen LogP contribution in [0.25, 0.3) is 54.3 Å². The fourth-order valence-electron chi connectivity index (χ4n) is 4.26. The normalized spacial score (nSPS) is 12.0. The van der Waals surface area contributed by atoms with Gasteiger partial charge >= 0.3 is 0 Å². The minimum Gasteiger partial charge on any atom is -0.456 e. The van der Waals surface area contributed by atoms with Crippen molar-refractivity contribution in [2.24, 2.45) is 0 Å². The summed E-state index contributed by atoms with van der Waals surface area (Å²) in [5.41, 5.74) is 1.84. The zero-order valence-electron chi connectivity index (χ0n) is 13.8. The van der Waals surface area contributed by atoms with Crippen molar-refractivity contribution in [1.29, 1.82) is 0 Å². The Bertz CT molecular complexity index is 1460. The van der Waals surface area contributed by atoms with E-state index in [0.29, 0.717) is 0 Å². The molecular formula is C24H13ClO. The van der Waals surface area contributed by atoms with Crippen LogP contribution in [0.5, 0.6) is 0 Å². The smallest absolute Gasteiger partial charge is 0.136 e. The zero-order chi connectivity index (χ0) is 17.3. The number of hydrogen-bond donors (Lipinski definition) is 0. The Morgan fingerprint density at radius 2 is 1.08 bits per heavy atom. The molecule has 0 amide bonds. The highest BCUT2D eigenvalue weighted by Crippen LogP contribution is 2.43. The van der Waals surface area contributed by atoms with Gasteiger partial charge in [0.15, 0.2) is 0 Å². The highest BCUT2D eigenvalue weighted by Gasteiger charge is 2.16. The van der Waals surface area contributed by atoms with Crippen molar-refractivity contribution in [1.82, 2.24) is 0 Å². The second-order valence-electron chi connectivity index (χ2n) is 6.67. The lowest BCUT2D eigenvalue weighted by Gasteiger charge is -2.12. The molecule has 1 heterocycles. The average molecular weight is 353 g/mol. The summed E-state index contributed by atoms with van der Waals surface area (Å²) in [6.45, 7) is 0. The number of halogens is 1. The minimum atomic E-state index is 0.790. The number of benzene rings is 5. The summed E-state index contributed by atoms with van der Waals surface area (Å²) >= 11 is 6.61. The molecule has 0 saturated heterocycles. The van der Waals surface area contributed by atoms with Gasteiger partial charge in [0.2, 0.25) is 0 Å². The molecule has 2 heteroatoms. The Hall–Kier alpha value is -3.03. The van der Waals surface area contributed by atoms with Gasteiger partial charge in [-0.1, -0.05) is 66.2 Å². The summed E-state index contributed by atoms with van der Waals surface area (Å²) in [5.74, 6) is 0. The van der Waals surface area contributed by atoms with E-state index in [4.69, 9.17) is 16.0 Å². The van der Waals surface area contributed by atoms with Crippen LogP contribution >= 0.6 is 11.6 Å². The summed E-state index contributed by atoms with van der Waals surface area (Å²) in [6, 6.07) is 27.1. The Morgan fingerprint density at radius 1 is 0.462 bits per heavy atom. The molecule has 5 aromatic carbocycles. The summed E-state index contributed by atoms with van der Waals surface area (Å²) in [4.78, 5) is 0. The molecular weight excluding hydrogens is 340 g/mol. The molecule has 26 heavy (non-hydrogen) atoms. The van der Waals surface area contributed by atoms with E-state index >= 15 is 0 Å². The summed E-state index contributed by atoms with van der Waals surface area (Å²) in [6.07, 6.45) is 0. The molecule has 0 aliphatic carbocycles. The fraction of sp³-hybridized carbons (Fsp3) is 0. The number of para-hydroxylation sites is 1. The van der Waals surface area contributed by atoms with Crippen LogP contribution in [-0.2, 0) is 0 Å². The topological polar surface area (TPSA) is 13.1 Å². The van der Waals surface area contributed by atoms with Gasteiger partial charge in [-0.25, -0.2) is 0 Å². The molecule has 0 N–H and O–H groups in total. The van der Waals surface area contributed by atoms with Crippen molar-refractivity contribution in [3.8, 4) is 0 Å². The monoisotopic (exact) mass is 352 g/mol. The molecule has 0 saturated carbocycles. The van der Waals surface area contributed by atoms with E-state index in [2.05, 4.69) is 54.6 Å². The molecule has 0 bridgehead atoms. The van der Waals surface area contributed by atoms with Crippen LogP contribution in [0, 0.1) is 0 Å². The Morgan fingerprint density at radius 3 is 1.88 bits per heavy atom. The van der Waals surface area contributed by atoms with E-state index in [1.54, 1.807) is 0 Å². The van der Waals surface area contributed by atoms with Gasteiger partial charge in [-0.15, -0.1) is 0 Å². The number of furan rings is 1. The third-order valence-corrected chi connectivity index (χ3v) is 5.63. The van der Waals surface area contributed by atoms with Gasteiger partial charge in [0, 0.05) is 26.6 Å². The first-order chi connectivity index (χ1) is 12.8. The van der Waals surface area contributed by atoms with Crippen molar-refractivity contribution < 1.29 is 4.42 Å². The van der Waals surface area contributed by atoms with Gasteiger partial charge in [-0.3, -0.25) is 0 Å². The van der Waals surface area contributed by atoms with Gasteiger partial charge in [-0.2, -0.15) is 0 Å². The van der Waals surface area contributed by atoms with Gasteiger partial charge in [0.1, 0.15) is 11.2 Å². The van der Waals surface area contributed by atoms with Crippen molar-refractivity contribution in [3.05, 3.63) is 83.9 Å². The van der Waals surface area contributed by atoms with E-state index in [-0.39, 0.29) is 0 Å². The largest absolute Gasteiger partial charge is 0.456 e. The van der Waals surface area contributed by atoms with Gasteiger partial charge < -0.3 is 4.42 Å². The first-order valence-corrected chi connectivity index (χ1v) is 9.03. The molecule has 122 valence electrons. The Labute approximate surface area is 154 Å².